The van der Waals surface area contributed by atoms with Crippen LogP contribution in [0.1, 0.15) is 30.5 Å². The van der Waals surface area contributed by atoms with Crippen LogP contribution in [0.3, 0.4) is 0 Å². The number of rotatable bonds is 2. The summed E-state index contributed by atoms with van der Waals surface area (Å²) in [6.45, 7) is 3.56. The lowest BCUT2D eigenvalue weighted by Crippen LogP contribution is -2.44. The highest BCUT2D eigenvalue weighted by atomic mass is 15.2. The van der Waals surface area contributed by atoms with E-state index < -0.39 is 0 Å². The second kappa shape index (κ2) is 5.15. The van der Waals surface area contributed by atoms with E-state index in [1.165, 1.54) is 12.8 Å². The third kappa shape index (κ3) is 2.56. The number of nitrogens with zero attached hydrogens (tertiary/aromatic N) is 3. The second-order valence-electron chi connectivity index (χ2n) is 4.55. The summed E-state index contributed by atoms with van der Waals surface area (Å²) in [4.78, 5) is 6.77. The molecule has 1 aromatic heterocycles. The van der Waals surface area contributed by atoms with Crippen molar-refractivity contribution in [1.82, 2.24) is 4.98 Å². The number of pyridine rings is 1. The second-order valence-corrected chi connectivity index (χ2v) is 4.55. The summed E-state index contributed by atoms with van der Waals surface area (Å²) in [5.74, 6) is 0.900. The minimum atomic E-state index is 0.365. The molecule has 90 valence electrons. The largest absolute Gasteiger partial charge is 0.352 e. The van der Waals surface area contributed by atoms with Crippen LogP contribution < -0.4 is 10.6 Å². The zero-order valence-electron chi connectivity index (χ0n) is 10.2. The fourth-order valence-corrected chi connectivity index (χ4v) is 2.41. The molecule has 1 fully saturated rings. The smallest absolute Gasteiger partial charge is 0.130 e. The molecule has 2 heterocycles. The van der Waals surface area contributed by atoms with E-state index in [1.54, 1.807) is 0 Å². The molecular weight excluding hydrogens is 212 g/mol. The number of nitriles is 1. The molecule has 1 aliphatic rings. The summed E-state index contributed by atoms with van der Waals surface area (Å²) >= 11 is 0. The summed E-state index contributed by atoms with van der Waals surface area (Å²) in [5.41, 5.74) is 7.37. The Kier molecular flexibility index (Phi) is 3.60. The lowest BCUT2D eigenvalue weighted by Gasteiger charge is -2.36. The van der Waals surface area contributed by atoms with Gasteiger partial charge >= 0.3 is 0 Å². The third-order valence-corrected chi connectivity index (χ3v) is 3.26. The molecule has 1 atom stereocenters. The summed E-state index contributed by atoms with van der Waals surface area (Å²) in [5, 5.41) is 8.99. The van der Waals surface area contributed by atoms with Gasteiger partial charge in [0, 0.05) is 24.8 Å². The van der Waals surface area contributed by atoms with E-state index >= 15 is 0 Å². The first kappa shape index (κ1) is 11.9. The number of nitrogens with two attached hydrogens (primary N) is 1. The zero-order valence-corrected chi connectivity index (χ0v) is 10.2. The minimum absolute atomic E-state index is 0.365. The molecule has 17 heavy (non-hydrogen) atoms. The van der Waals surface area contributed by atoms with Gasteiger partial charge in [0.05, 0.1) is 11.6 Å². The molecule has 2 rings (SSSR count). The molecule has 1 aromatic rings. The predicted molar refractivity (Wildman–Crippen MR) is 67.7 cm³/mol. The summed E-state index contributed by atoms with van der Waals surface area (Å²) < 4.78 is 0. The maximum Gasteiger partial charge on any atom is 0.130 e. The van der Waals surface area contributed by atoms with Gasteiger partial charge in [0.25, 0.3) is 0 Å². The zero-order chi connectivity index (χ0) is 12.3. The molecule has 4 heteroatoms. The highest BCUT2D eigenvalue weighted by Gasteiger charge is 2.22. The summed E-state index contributed by atoms with van der Waals surface area (Å²) in [6.07, 6.45) is 3.53. The Balaban J connectivity index is 2.31. The van der Waals surface area contributed by atoms with E-state index in [-0.39, 0.29) is 0 Å². The van der Waals surface area contributed by atoms with Gasteiger partial charge in [-0.2, -0.15) is 5.26 Å². The van der Waals surface area contributed by atoms with Crippen molar-refractivity contribution in [2.24, 2.45) is 5.73 Å². The molecular formula is C13H18N4. The first-order chi connectivity index (χ1) is 8.24. The van der Waals surface area contributed by atoms with Gasteiger partial charge in [0.15, 0.2) is 0 Å². The average Bonchev–Trinajstić information content (AvgIpc) is 2.37. The Labute approximate surface area is 102 Å². The molecule has 0 radical (unpaired) electrons. The van der Waals surface area contributed by atoms with Crippen molar-refractivity contribution in [3.8, 4) is 6.07 Å². The molecule has 1 saturated heterocycles. The molecule has 2 N–H and O–H groups in total. The first-order valence-corrected chi connectivity index (χ1v) is 6.10. The molecule has 4 nitrogen and oxygen atoms in total. The van der Waals surface area contributed by atoms with Crippen LogP contribution in [-0.2, 0) is 0 Å². The van der Waals surface area contributed by atoms with Crippen molar-refractivity contribution in [1.29, 1.82) is 5.26 Å². The van der Waals surface area contributed by atoms with Gasteiger partial charge in [0.2, 0.25) is 0 Å². The van der Waals surface area contributed by atoms with Gasteiger partial charge in [-0.1, -0.05) is 0 Å². The third-order valence-electron chi connectivity index (χ3n) is 3.26. The summed E-state index contributed by atoms with van der Waals surface area (Å²) in [7, 11) is 0. The SMILES string of the molecule is Cc1cc(C#N)cc(N2CCCCC2CN)n1. The van der Waals surface area contributed by atoms with Crippen LogP contribution in [0, 0.1) is 18.3 Å². The fraction of sp³-hybridized carbons (Fsp3) is 0.538. The van der Waals surface area contributed by atoms with E-state index in [9.17, 15) is 0 Å². The van der Waals surface area contributed by atoms with Crippen molar-refractivity contribution in [3.05, 3.63) is 23.4 Å². The van der Waals surface area contributed by atoms with Crippen molar-refractivity contribution in [2.75, 3.05) is 18.0 Å². The topological polar surface area (TPSA) is 65.9 Å². The normalized spacial score (nSPS) is 20.1. The maximum atomic E-state index is 8.99. The number of piperidine rings is 1. The molecule has 0 amide bonds. The average molecular weight is 230 g/mol. The van der Waals surface area contributed by atoms with Crippen LogP contribution in [0.25, 0.3) is 0 Å². The number of aromatic nitrogens is 1. The van der Waals surface area contributed by atoms with Crippen LogP contribution in [0.5, 0.6) is 0 Å². The Morgan fingerprint density at radius 2 is 2.35 bits per heavy atom. The molecule has 0 spiro atoms. The minimum Gasteiger partial charge on any atom is -0.352 e. The molecule has 1 unspecified atom stereocenters. The Morgan fingerprint density at radius 1 is 1.53 bits per heavy atom. The number of hydrogen-bond acceptors (Lipinski definition) is 4. The number of hydrogen-bond donors (Lipinski definition) is 1. The fourth-order valence-electron chi connectivity index (χ4n) is 2.41. The van der Waals surface area contributed by atoms with Crippen LogP contribution in [0.15, 0.2) is 12.1 Å². The lowest BCUT2D eigenvalue weighted by molar-refractivity contribution is 0.462. The van der Waals surface area contributed by atoms with E-state index in [1.807, 2.05) is 19.1 Å². The predicted octanol–water partition coefficient (Wildman–Crippen LogP) is 1.58. The monoisotopic (exact) mass is 230 g/mol. The Hall–Kier alpha value is -1.60. The van der Waals surface area contributed by atoms with Crippen molar-refractivity contribution >= 4 is 5.82 Å². The van der Waals surface area contributed by atoms with Crippen LogP contribution in [0.4, 0.5) is 5.82 Å². The first-order valence-electron chi connectivity index (χ1n) is 6.10. The number of aryl methyl sites for hydroxylation is 1. The highest BCUT2D eigenvalue weighted by molar-refractivity contribution is 5.47. The van der Waals surface area contributed by atoms with Crippen LogP contribution >= 0.6 is 0 Å². The molecule has 0 saturated carbocycles. The molecule has 0 aliphatic carbocycles. The Morgan fingerprint density at radius 3 is 3.06 bits per heavy atom. The number of anilines is 1. The van der Waals surface area contributed by atoms with Crippen LogP contribution in [-0.4, -0.2) is 24.1 Å². The standard InChI is InChI=1S/C13H18N4/c1-10-6-11(8-14)7-13(16-10)17-5-3-2-4-12(17)9-15/h6-7,12H,2-5,9,15H2,1H3. The van der Waals surface area contributed by atoms with E-state index in [0.29, 0.717) is 18.2 Å². The molecule has 0 aromatic carbocycles. The van der Waals surface area contributed by atoms with Crippen molar-refractivity contribution in [3.63, 3.8) is 0 Å². The van der Waals surface area contributed by atoms with Crippen molar-refractivity contribution < 1.29 is 0 Å². The molecule has 0 bridgehead atoms. The maximum absolute atomic E-state index is 8.99. The quantitative estimate of drug-likeness (QED) is 0.837. The highest BCUT2D eigenvalue weighted by Crippen LogP contribution is 2.23. The molecule has 1 aliphatic heterocycles. The van der Waals surface area contributed by atoms with E-state index in [0.717, 1.165) is 24.5 Å². The van der Waals surface area contributed by atoms with Gasteiger partial charge in [-0.3, -0.25) is 0 Å². The van der Waals surface area contributed by atoms with Crippen LogP contribution in [0.2, 0.25) is 0 Å². The van der Waals surface area contributed by atoms with Gasteiger partial charge in [-0.05, 0) is 38.3 Å². The Bertz CT molecular complexity index is 436. The van der Waals surface area contributed by atoms with Gasteiger partial charge < -0.3 is 10.6 Å². The summed E-state index contributed by atoms with van der Waals surface area (Å²) in [6, 6.07) is 6.22. The lowest BCUT2D eigenvalue weighted by atomic mass is 10.0. The van der Waals surface area contributed by atoms with Crippen molar-refractivity contribution in [2.45, 2.75) is 32.2 Å². The van der Waals surface area contributed by atoms with Gasteiger partial charge in [0.1, 0.15) is 5.82 Å². The van der Waals surface area contributed by atoms with E-state index in [4.69, 9.17) is 11.0 Å². The van der Waals surface area contributed by atoms with Gasteiger partial charge in [-0.15, -0.1) is 0 Å². The van der Waals surface area contributed by atoms with Gasteiger partial charge in [-0.25, -0.2) is 4.98 Å². The van der Waals surface area contributed by atoms with E-state index in [2.05, 4.69) is 16.0 Å².